The van der Waals surface area contributed by atoms with Crippen molar-refractivity contribution in [1.82, 2.24) is 14.7 Å². The molecule has 0 spiro atoms. The fraction of sp³-hybridized carbons (Fsp3) is 0.261. The molecule has 0 bridgehead atoms. The van der Waals surface area contributed by atoms with Crippen molar-refractivity contribution in [2.45, 2.75) is 25.6 Å². The zero-order chi connectivity index (χ0) is 23.3. The van der Waals surface area contributed by atoms with Gasteiger partial charge in [-0.25, -0.2) is 4.68 Å². The van der Waals surface area contributed by atoms with Crippen molar-refractivity contribution in [3.8, 4) is 5.69 Å². The highest BCUT2D eigenvalue weighted by molar-refractivity contribution is 8.01. The van der Waals surface area contributed by atoms with Crippen LogP contribution in [-0.4, -0.2) is 32.2 Å². The van der Waals surface area contributed by atoms with E-state index in [0.29, 0.717) is 22.9 Å². The first-order valence-corrected chi connectivity index (χ1v) is 11.5. The lowest BCUT2D eigenvalue weighted by molar-refractivity contribution is -0.118. The lowest BCUT2D eigenvalue weighted by Gasteiger charge is -2.12. The third-order valence-corrected chi connectivity index (χ3v) is 6.58. The summed E-state index contributed by atoms with van der Waals surface area (Å²) >= 11 is 7.29. The number of thioether (sulfide) groups is 1. The predicted molar refractivity (Wildman–Crippen MR) is 130 cm³/mol. The molecule has 2 amide bonds. The van der Waals surface area contributed by atoms with Crippen LogP contribution >= 0.6 is 23.4 Å². The van der Waals surface area contributed by atoms with Crippen molar-refractivity contribution in [1.29, 1.82) is 0 Å². The largest absolute Gasteiger partial charge is 0.351 e. The van der Waals surface area contributed by atoms with Gasteiger partial charge in [0.15, 0.2) is 0 Å². The van der Waals surface area contributed by atoms with E-state index in [0.717, 1.165) is 5.56 Å². The highest BCUT2D eigenvalue weighted by atomic mass is 35.5. The van der Waals surface area contributed by atoms with Gasteiger partial charge >= 0.3 is 0 Å². The quantitative estimate of drug-likeness (QED) is 0.525. The van der Waals surface area contributed by atoms with E-state index in [-0.39, 0.29) is 28.8 Å². The van der Waals surface area contributed by atoms with E-state index < -0.39 is 5.25 Å². The standard InChI is InChI=1S/C23H25ClN4O3S/c1-15-21(23(31)28(27(15)3)18-10-5-4-6-11-18)26-22(30)16(2)32-14-20(29)25-13-17-9-7-8-12-19(17)24/h4-12,16H,13-14H2,1-3H3,(H,25,29)(H,26,30). The maximum atomic E-state index is 12.9. The van der Waals surface area contributed by atoms with Crippen molar-refractivity contribution >= 4 is 40.9 Å². The van der Waals surface area contributed by atoms with Crippen molar-refractivity contribution in [2.75, 3.05) is 11.1 Å². The number of nitrogens with zero attached hydrogens (tertiary/aromatic N) is 2. The van der Waals surface area contributed by atoms with E-state index in [9.17, 15) is 14.4 Å². The normalized spacial score (nSPS) is 11.8. The third kappa shape index (κ3) is 5.44. The molecule has 32 heavy (non-hydrogen) atoms. The molecule has 7 nitrogen and oxygen atoms in total. The number of para-hydroxylation sites is 1. The first-order chi connectivity index (χ1) is 15.3. The molecule has 2 N–H and O–H groups in total. The number of benzene rings is 2. The Kier molecular flexibility index (Phi) is 7.82. The van der Waals surface area contributed by atoms with Gasteiger partial charge in [0.2, 0.25) is 11.8 Å². The molecule has 0 aliphatic carbocycles. The van der Waals surface area contributed by atoms with Gasteiger partial charge in [0.25, 0.3) is 5.56 Å². The van der Waals surface area contributed by atoms with Crippen LogP contribution in [0, 0.1) is 6.92 Å². The van der Waals surface area contributed by atoms with Crippen molar-refractivity contribution in [3.05, 3.63) is 81.2 Å². The van der Waals surface area contributed by atoms with Crippen LogP contribution in [0.25, 0.3) is 5.69 Å². The van der Waals surface area contributed by atoms with Crippen LogP contribution in [0.5, 0.6) is 0 Å². The molecule has 0 saturated carbocycles. The third-order valence-electron chi connectivity index (χ3n) is 5.07. The minimum Gasteiger partial charge on any atom is -0.351 e. The van der Waals surface area contributed by atoms with Gasteiger partial charge in [0.1, 0.15) is 5.69 Å². The molecule has 9 heteroatoms. The maximum absolute atomic E-state index is 12.9. The number of nitrogens with one attached hydrogen (secondary N) is 2. The Bertz CT molecular complexity index is 1170. The van der Waals surface area contributed by atoms with Crippen LogP contribution in [0.2, 0.25) is 5.02 Å². The van der Waals surface area contributed by atoms with Gasteiger partial charge in [-0.05, 0) is 37.6 Å². The first-order valence-electron chi connectivity index (χ1n) is 10.1. The summed E-state index contributed by atoms with van der Waals surface area (Å²) in [6.07, 6.45) is 0. The average molecular weight is 473 g/mol. The number of hydrogen-bond donors (Lipinski definition) is 2. The van der Waals surface area contributed by atoms with E-state index >= 15 is 0 Å². The van der Waals surface area contributed by atoms with Crippen LogP contribution in [0.15, 0.2) is 59.4 Å². The van der Waals surface area contributed by atoms with Crippen molar-refractivity contribution < 1.29 is 9.59 Å². The summed E-state index contributed by atoms with van der Waals surface area (Å²) in [5, 5.41) is 5.60. The number of halogens is 1. The molecule has 0 radical (unpaired) electrons. The molecule has 0 aliphatic rings. The highest BCUT2D eigenvalue weighted by Crippen LogP contribution is 2.18. The Morgan fingerprint density at radius 2 is 1.75 bits per heavy atom. The molecule has 168 valence electrons. The maximum Gasteiger partial charge on any atom is 0.295 e. The molecule has 1 aromatic heterocycles. The molecule has 1 unspecified atom stereocenters. The molecule has 3 aromatic rings. The predicted octanol–water partition coefficient (Wildman–Crippen LogP) is 3.51. The molecule has 2 aromatic carbocycles. The average Bonchev–Trinajstić information content (AvgIpc) is 3.00. The van der Waals surface area contributed by atoms with Crippen LogP contribution in [0.4, 0.5) is 5.69 Å². The summed E-state index contributed by atoms with van der Waals surface area (Å²) in [6.45, 7) is 3.80. The van der Waals surface area contributed by atoms with Crippen LogP contribution in [0.3, 0.4) is 0 Å². The van der Waals surface area contributed by atoms with E-state index in [1.807, 2.05) is 48.5 Å². The fourth-order valence-electron chi connectivity index (χ4n) is 3.10. The Labute approximate surface area is 195 Å². The molecular formula is C23H25ClN4O3S. The van der Waals surface area contributed by atoms with E-state index in [2.05, 4.69) is 10.6 Å². The summed E-state index contributed by atoms with van der Waals surface area (Å²) < 4.78 is 3.21. The minimum atomic E-state index is -0.523. The Balaban J connectivity index is 1.58. The smallest absolute Gasteiger partial charge is 0.295 e. The number of aromatic nitrogens is 2. The van der Waals surface area contributed by atoms with E-state index in [1.54, 1.807) is 31.6 Å². The number of rotatable bonds is 8. The Morgan fingerprint density at radius 3 is 2.44 bits per heavy atom. The monoisotopic (exact) mass is 472 g/mol. The minimum absolute atomic E-state index is 0.112. The molecule has 0 fully saturated rings. The lowest BCUT2D eigenvalue weighted by Crippen LogP contribution is -2.30. The molecule has 3 rings (SSSR count). The second kappa shape index (κ2) is 10.6. The summed E-state index contributed by atoms with van der Waals surface area (Å²) in [5.74, 6) is -0.419. The van der Waals surface area contributed by atoms with Crippen molar-refractivity contribution in [3.63, 3.8) is 0 Å². The van der Waals surface area contributed by atoms with Gasteiger partial charge in [-0.3, -0.25) is 19.1 Å². The molecule has 1 atom stereocenters. The van der Waals surface area contributed by atoms with Gasteiger partial charge in [-0.2, -0.15) is 0 Å². The number of amides is 2. The molecule has 0 aliphatic heterocycles. The summed E-state index contributed by atoms with van der Waals surface area (Å²) in [5.41, 5.74) is 2.10. The number of carbonyl (C=O) groups excluding carboxylic acids is 2. The zero-order valence-electron chi connectivity index (χ0n) is 18.1. The van der Waals surface area contributed by atoms with Gasteiger partial charge < -0.3 is 10.6 Å². The fourth-order valence-corrected chi connectivity index (χ4v) is 4.02. The Hall–Kier alpha value is -2.97. The highest BCUT2D eigenvalue weighted by Gasteiger charge is 2.21. The van der Waals surface area contributed by atoms with Gasteiger partial charge in [0.05, 0.1) is 22.4 Å². The van der Waals surface area contributed by atoms with Crippen LogP contribution in [0.1, 0.15) is 18.2 Å². The number of anilines is 1. The Morgan fingerprint density at radius 1 is 1.09 bits per heavy atom. The molecule has 0 saturated heterocycles. The van der Waals surface area contributed by atoms with Crippen LogP contribution in [-0.2, 0) is 23.2 Å². The SMILES string of the molecule is Cc1c(NC(=O)C(C)SCC(=O)NCc2ccccc2Cl)c(=O)n(-c2ccccc2)n1C. The second-order valence-electron chi connectivity index (χ2n) is 7.25. The van der Waals surface area contributed by atoms with Gasteiger partial charge in [-0.1, -0.05) is 48.0 Å². The summed E-state index contributed by atoms with van der Waals surface area (Å²) in [4.78, 5) is 37.8. The topological polar surface area (TPSA) is 85.1 Å². The number of carbonyl (C=O) groups is 2. The molecule has 1 heterocycles. The van der Waals surface area contributed by atoms with Gasteiger partial charge in [0, 0.05) is 18.6 Å². The number of hydrogen-bond acceptors (Lipinski definition) is 4. The molecular weight excluding hydrogens is 448 g/mol. The second-order valence-corrected chi connectivity index (χ2v) is 8.98. The summed E-state index contributed by atoms with van der Waals surface area (Å²) in [7, 11) is 1.76. The van der Waals surface area contributed by atoms with E-state index in [4.69, 9.17) is 11.6 Å². The van der Waals surface area contributed by atoms with Crippen LogP contribution < -0.4 is 16.2 Å². The first kappa shape index (κ1) is 23.7. The lowest BCUT2D eigenvalue weighted by atomic mass is 10.2. The van der Waals surface area contributed by atoms with E-state index in [1.165, 1.54) is 16.4 Å². The summed E-state index contributed by atoms with van der Waals surface area (Å²) in [6, 6.07) is 16.5. The van der Waals surface area contributed by atoms with Gasteiger partial charge in [-0.15, -0.1) is 11.8 Å². The van der Waals surface area contributed by atoms with Crippen molar-refractivity contribution in [2.24, 2.45) is 7.05 Å². The zero-order valence-corrected chi connectivity index (χ0v) is 19.7.